The highest BCUT2D eigenvalue weighted by Gasteiger charge is 2.20. The lowest BCUT2D eigenvalue weighted by Gasteiger charge is -2.17. The number of ether oxygens (including phenoxy) is 1. The smallest absolute Gasteiger partial charge is 0.411 e. The van der Waals surface area contributed by atoms with Crippen LogP contribution in [-0.4, -0.2) is 37.9 Å². The Balaban J connectivity index is 1.72. The van der Waals surface area contributed by atoms with Gasteiger partial charge in [-0.05, 0) is 41.8 Å². The summed E-state index contributed by atoms with van der Waals surface area (Å²) in [7, 11) is -2.47. The largest absolute Gasteiger partial charge is 0.453 e. The standard InChI is InChI=1S/C17H18N4O4S2/c1-25-17(22)20-13-5-7-14(8-6-13)27(23,24)19-12-15(16-4-2-11-26-16)21-10-3-9-18-21/h2-11,15,19H,12H2,1H3,(H,20,22). The Morgan fingerprint density at radius 2 is 2.04 bits per heavy atom. The minimum atomic E-state index is -3.72. The second kappa shape index (κ2) is 8.33. The van der Waals surface area contributed by atoms with Crippen LogP contribution in [0.2, 0.25) is 0 Å². The second-order valence-electron chi connectivity index (χ2n) is 5.51. The number of thiophene rings is 1. The monoisotopic (exact) mass is 406 g/mol. The Bertz CT molecular complexity index is 934. The zero-order chi connectivity index (χ0) is 19.3. The molecule has 0 fully saturated rings. The Hall–Kier alpha value is -2.69. The third-order valence-corrected chi connectivity index (χ3v) is 6.19. The van der Waals surface area contributed by atoms with Crippen molar-refractivity contribution in [2.75, 3.05) is 19.0 Å². The van der Waals surface area contributed by atoms with Crippen molar-refractivity contribution in [1.82, 2.24) is 14.5 Å². The number of anilines is 1. The van der Waals surface area contributed by atoms with Crippen LogP contribution in [0.25, 0.3) is 0 Å². The van der Waals surface area contributed by atoms with E-state index in [0.29, 0.717) is 5.69 Å². The molecule has 1 amide bonds. The van der Waals surface area contributed by atoms with Gasteiger partial charge in [-0.15, -0.1) is 11.3 Å². The molecule has 0 spiro atoms. The van der Waals surface area contributed by atoms with Gasteiger partial charge in [-0.2, -0.15) is 5.10 Å². The van der Waals surface area contributed by atoms with Gasteiger partial charge in [-0.1, -0.05) is 6.07 Å². The minimum Gasteiger partial charge on any atom is -0.453 e. The number of amides is 1. The van der Waals surface area contributed by atoms with Crippen LogP contribution in [-0.2, 0) is 14.8 Å². The van der Waals surface area contributed by atoms with Crippen molar-refractivity contribution >= 4 is 33.1 Å². The molecule has 27 heavy (non-hydrogen) atoms. The van der Waals surface area contributed by atoms with Gasteiger partial charge in [0.2, 0.25) is 10.0 Å². The third-order valence-electron chi connectivity index (χ3n) is 3.78. The van der Waals surface area contributed by atoms with Crippen molar-refractivity contribution < 1.29 is 17.9 Å². The number of methoxy groups -OCH3 is 1. The van der Waals surface area contributed by atoms with E-state index < -0.39 is 16.1 Å². The van der Waals surface area contributed by atoms with Crippen molar-refractivity contribution in [3.8, 4) is 0 Å². The molecule has 0 saturated heterocycles. The predicted octanol–water partition coefficient (Wildman–Crippen LogP) is 2.69. The molecule has 2 aromatic heterocycles. The highest BCUT2D eigenvalue weighted by molar-refractivity contribution is 7.89. The van der Waals surface area contributed by atoms with Crippen LogP contribution >= 0.6 is 11.3 Å². The average Bonchev–Trinajstić information content (AvgIpc) is 3.37. The van der Waals surface area contributed by atoms with E-state index in [-0.39, 0.29) is 17.5 Å². The van der Waals surface area contributed by atoms with Gasteiger partial charge in [0.1, 0.15) is 0 Å². The van der Waals surface area contributed by atoms with E-state index >= 15 is 0 Å². The summed E-state index contributed by atoms with van der Waals surface area (Å²) in [5.74, 6) is 0. The molecule has 8 nitrogen and oxygen atoms in total. The zero-order valence-corrected chi connectivity index (χ0v) is 16.0. The molecule has 3 rings (SSSR count). The third kappa shape index (κ3) is 4.73. The summed E-state index contributed by atoms with van der Waals surface area (Å²) >= 11 is 1.54. The van der Waals surface area contributed by atoms with E-state index in [4.69, 9.17) is 0 Å². The molecule has 0 radical (unpaired) electrons. The average molecular weight is 406 g/mol. The lowest BCUT2D eigenvalue weighted by atomic mass is 10.2. The Kier molecular flexibility index (Phi) is 5.89. The molecule has 0 aliphatic carbocycles. The molecular formula is C17H18N4O4S2. The molecular weight excluding hydrogens is 388 g/mol. The quantitative estimate of drug-likeness (QED) is 0.628. The van der Waals surface area contributed by atoms with E-state index in [1.807, 2.05) is 17.5 Å². The number of benzene rings is 1. The second-order valence-corrected chi connectivity index (χ2v) is 8.26. The van der Waals surface area contributed by atoms with Crippen LogP contribution in [0.5, 0.6) is 0 Å². The number of aromatic nitrogens is 2. The molecule has 1 unspecified atom stereocenters. The van der Waals surface area contributed by atoms with Crippen molar-refractivity contribution in [2.45, 2.75) is 10.9 Å². The van der Waals surface area contributed by atoms with Crippen LogP contribution in [0.3, 0.4) is 0 Å². The van der Waals surface area contributed by atoms with Crippen LogP contribution in [0, 0.1) is 0 Å². The van der Waals surface area contributed by atoms with Crippen molar-refractivity contribution in [3.05, 3.63) is 65.1 Å². The van der Waals surface area contributed by atoms with Gasteiger partial charge in [0.25, 0.3) is 0 Å². The number of sulfonamides is 1. The van der Waals surface area contributed by atoms with E-state index in [2.05, 4.69) is 19.9 Å². The molecule has 2 N–H and O–H groups in total. The van der Waals surface area contributed by atoms with Crippen LogP contribution in [0.1, 0.15) is 10.9 Å². The molecule has 10 heteroatoms. The van der Waals surface area contributed by atoms with Crippen molar-refractivity contribution in [3.63, 3.8) is 0 Å². The minimum absolute atomic E-state index is 0.100. The van der Waals surface area contributed by atoms with Crippen LogP contribution < -0.4 is 10.0 Å². The highest BCUT2D eigenvalue weighted by atomic mass is 32.2. The number of carbonyl (C=O) groups excluding carboxylic acids is 1. The first-order chi connectivity index (χ1) is 13.0. The van der Waals surface area contributed by atoms with Gasteiger partial charge in [-0.3, -0.25) is 10.00 Å². The first-order valence-corrected chi connectivity index (χ1v) is 10.3. The molecule has 3 aromatic rings. The van der Waals surface area contributed by atoms with Crippen LogP contribution in [0.4, 0.5) is 10.5 Å². The van der Waals surface area contributed by atoms with Gasteiger partial charge >= 0.3 is 6.09 Å². The van der Waals surface area contributed by atoms with Crippen molar-refractivity contribution in [1.29, 1.82) is 0 Å². The fourth-order valence-corrected chi connectivity index (χ4v) is 4.29. The topological polar surface area (TPSA) is 102 Å². The van der Waals surface area contributed by atoms with E-state index in [0.717, 1.165) is 4.88 Å². The molecule has 1 aromatic carbocycles. The summed E-state index contributed by atoms with van der Waals surface area (Å²) in [6, 6.07) is 11.2. The van der Waals surface area contributed by atoms with Crippen molar-refractivity contribution in [2.24, 2.45) is 0 Å². The molecule has 2 heterocycles. The lowest BCUT2D eigenvalue weighted by Crippen LogP contribution is -2.31. The van der Waals surface area contributed by atoms with E-state index in [1.165, 1.54) is 42.7 Å². The number of nitrogens with zero attached hydrogens (tertiary/aromatic N) is 2. The van der Waals surface area contributed by atoms with Gasteiger partial charge in [0, 0.05) is 29.5 Å². The summed E-state index contributed by atoms with van der Waals surface area (Å²) in [6.45, 7) is 0.159. The molecule has 0 saturated carbocycles. The van der Waals surface area contributed by atoms with E-state index in [1.54, 1.807) is 23.1 Å². The van der Waals surface area contributed by atoms with E-state index in [9.17, 15) is 13.2 Å². The Morgan fingerprint density at radius 1 is 1.26 bits per heavy atom. The molecule has 0 bridgehead atoms. The summed E-state index contributed by atoms with van der Waals surface area (Å²) in [5, 5.41) is 8.64. The summed E-state index contributed by atoms with van der Waals surface area (Å²) < 4.78 is 34.1. The summed E-state index contributed by atoms with van der Waals surface area (Å²) in [6.07, 6.45) is 2.83. The van der Waals surface area contributed by atoms with Crippen LogP contribution in [0.15, 0.2) is 65.1 Å². The number of nitrogens with one attached hydrogen (secondary N) is 2. The van der Waals surface area contributed by atoms with Gasteiger partial charge in [0.15, 0.2) is 0 Å². The summed E-state index contributed by atoms with van der Waals surface area (Å²) in [5.41, 5.74) is 0.439. The Morgan fingerprint density at radius 3 is 2.63 bits per heavy atom. The molecule has 142 valence electrons. The van der Waals surface area contributed by atoms with Gasteiger partial charge in [-0.25, -0.2) is 17.9 Å². The zero-order valence-electron chi connectivity index (χ0n) is 14.4. The maximum Gasteiger partial charge on any atom is 0.411 e. The maximum absolute atomic E-state index is 12.6. The fourth-order valence-electron chi connectivity index (χ4n) is 2.43. The number of carbonyl (C=O) groups is 1. The normalized spacial score (nSPS) is 12.5. The fraction of sp³-hybridized carbons (Fsp3) is 0.176. The SMILES string of the molecule is COC(=O)Nc1ccc(S(=O)(=O)NCC(c2cccs2)n2cccn2)cc1. The number of hydrogen-bond acceptors (Lipinski definition) is 6. The lowest BCUT2D eigenvalue weighted by molar-refractivity contribution is 0.187. The Labute approximate surface area is 160 Å². The number of rotatable bonds is 7. The maximum atomic E-state index is 12.6. The number of hydrogen-bond donors (Lipinski definition) is 2. The first kappa shape index (κ1) is 19.1. The van der Waals surface area contributed by atoms with Gasteiger partial charge < -0.3 is 4.74 Å². The highest BCUT2D eigenvalue weighted by Crippen LogP contribution is 2.23. The van der Waals surface area contributed by atoms with Gasteiger partial charge in [0.05, 0.1) is 18.0 Å². The molecule has 1 atom stereocenters. The molecule has 0 aliphatic rings. The summed E-state index contributed by atoms with van der Waals surface area (Å²) in [4.78, 5) is 12.3. The predicted molar refractivity (Wildman–Crippen MR) is 102 cm³/mol. The molecule has 0 aliphatic heterocycles. The first-order valence-electron chi connectivity index (χ1n) is 7.97.